The average Bonchev–Trinajstić information content (AvgIpc) is 2.47. The molecule has 1 unspecified atom stereocenters. The molecule has 0 aliphatic heterocycles. The fourth-order valence-corrected chi connectivity index (χ4v) is 1.83. The van der Waals surface area contributed by atoms with Crippen LogP contribution in [0.1, 0.15) is 24.8 Å². The van der Waals surface area contributed by atoms with E-state index in [4.69, 9.17) is 20.5 Å². The number of nitriles is 1. The van der Waals surface area contributed by atoms with Gasteiger partial charge in [0.2, 0.25) is 5.75 Å². The minimum atomic E-state index is -0.745. The number of hydrogen-bond acceptors (Lipinski definition) is 5. The molecule has 0 saturated carbocycles. The third-order valence-corrected chi connectivity index (χ3v) is 3.13. The predicted octanol–water partition coefficient (Wildman–Crippen LogP) is 1.84. The van der Waals surface area contributed by atoms with Crippen molar-refractivity contribution in [2.45, 2.75) is 19.3 Å². The summed E-state index contributed by atoms with van der Waals surface area (Å²) in [6.07, 6.45) is 1.95. The van der Waals surface area contributed by atoms with Crippen LogP contribution < -0.4 is 15.2 Å². The maximum absolute atomic E-state index is 11.0. The highest BCUT2D eigenvalue weighted by molar-refractivity contribution is 5.95. The maximum atomic E-state index is 11.0. The summed E-state index contributed by atoms with van der Waals surface area (Å²) < 4.78 is 10.2. The largest absolute Gasteiger partial charge is 0.502 e. The fourth-order valence-electron chi connectivity index (χ4n) is 1.83. The summed E-state index contributed by atoms with van der Waals surface area (Å²) in [4.78, 5) is 11.0. The molecular formula is C15H18N2O4. The van der Waals surface area contributed by atoms with Crippen LogP contribution in [0.4, 0.5) is 0 Å². The van der Waals surface area contributed by atoms with Gasteiger partial charge < -0.3 is 20.3 Å². The van der Waals surface area contributed by atoms with Crippen LogP contribution in [0.5, 0.6) is 17.2 Å². The molecule has 0 heterocycles. The molecule has 6 nitrogen and oxygen atoms in total. The Labute approximate surface area is 123 Å². The van der Waals surface area contributed by atoms with Crippen molar-refractivity contribution in [2.24, 2.45) is 5.73 Å². The summed E-state index contributed by atoms with van der Waals surface area (Å²) in [6, 6.07) is 5.13. The second kappa shape index (κ2) is 7.20. The van der Waals surface area contributed by atoms with E-state index in [0.29, 0.717) is 17.9 Å². The summed E-state index contributed by atoms with van der Waals surface area (Å²) >= 11 is 0. The van der Waals surface area contributed by atoms with Crippen LogP contribution in [-0.2, 0) is 4.79 Å². The Morgan fingerprint density at radius 2 is 1.95 bits per heavy atom. The lowest BCUT2D eigenvalue weighted by Crippen LogP contribution is -2.12. The smallest absolute Gasteiger partial charge is 0.259 e. The minimum absolute atomic E-state index is 0.0175. The van der Waals surface area contributed by atoms with Crippen molar-refractivity contribution in [3.05, 3.63) is 29.3 Å². The number of methoxy groups -OCH3 is 2. The second-order valence-corrected chi connectivity index (χ2v) is 4.50. The van der Waals surface area contributed by atoms with Gasteiger partial charge in [0, 0.05) is 0 Å². The number of phenols is 1. The van der Waals surface area contributed by atoms with E-state index in [1.54, 1.807) is 18.2 Å². The van der Waals surface area contributed by atoms with Crippen molar-refractivity contribution < 1.29 is 19.4 Å². The number of carbonyl (C=O) groups excluding carboxylic acids is 1. The molecule has 1 amide bonds. The Kier molecular flexibility index (Phi) is 5.61. The van der Waals surface area contributed by atoms with Crippen molar-refractivity contribution >= 4 is 5.91 Å². The third kappa shape index (κ3) is 3.89. The molecule has 0 aromatic heterocycles. The summed E-state index contributed by atoms with van der Waals surface area (Å²) in [5.74, 6) is -0.228. The lowest BCUT2D eigenvalue weighted by atomic mass is 9.96. The van der Waals surface area contributed by atoms with Gasteiger partial charge in [-0.15, -0.1) is 0 Å². The molecule has 0 bridgehead atoms. The normalized spacial score (nSPS) is 12.4. The van der Waals surface area contributed by atoms with Gasteiger partial charge in [-0.3, -0.25) is 4.79 Å². The van der Waals surface area contributed by atoms with Crippen molar-refractivity contribution in [1.29, 1.82) is 5.26 Å². The number of benzene rings is 1. The minimum Gasteiger partial charge on any atom is -0.502 e. The van der Waals surface area contributed by atoms with Gasteiger partial charge in [-0.05, 0) is 30.0 Å². The first kappa shape index (κ1) is 16.4. The maximum Gasteiger partial charge on any atom is 0.259 e. The number of nitrogens with two attached hydrogens (primary N) is 1. The van der Waals surface area contributed by atoms with Crippen LogP contribution in [0.15, 0.2) is 23.8 Å². The van der Waals surface area contributed by atoms with Crippen LogP contribution in [-0.4, -0.2) is 25.2 Å². The fraction of sp³-hybridized carbons (Fsp3) is 0.333. The van der Waals surface area contributed by atoms with Gasteiger partial charge in [-0.2, -0.15) is 5.26 Å². The van der Waals surface area contributed by atoms with Crippen LogP contribution in [0.3, 0.4) is 0 Å². The van der Waals surface area contributed by atoms with Gasteiger partial charge in [0.15, 0.2) is 11.5 Å². The first-order valence-electron chi connectivity index (χ1n) is 6.29. The summed E-state index contributed by atoms with van der Waals surface area (Å²) in [6.45, 7) is 1.91. The number of ether oxygens (including phenoxy) is 2. The predicted molar refractivity (Wildman–Crippen MR) is 77.1 cm³/mol. The summed E-state index contributed by atoms with van der Waals surface area (Å²) in [7, 11) is 2.90. The van der Waals surface area contributed by atoms with Gasteiger partial charge in [-0.1, -0.05) is 13.0 Å². The number of nitrogens with zero attached hydrogens (tertiary/aromatic N) is 1. The number of carbonyl (C=O) groups is 1. The number of amides is 1. The van der Waals surface area contributed by atoms with Gasteiger partial charge in [0.25, 0.3) is 5.91 Å². The van der Waals surface area contributed by atoms with E-state index in [1.807, 2.05) is 6.92 Å². The van der Waals surface area contributed by atoms with Crippen molar-refractivity contribution in [2.75, 3.05) is 14.2 Å². The molecule has 1 aromatic rings. The van der Waals surface area contributed by atoms with Crippen LogP contribution in [0.25, 0.3) is 0 Å². The zero-order chi connectivity index (χ0) is 16.0. The highest BCUT2D eigenvalue weighted by atomic mass is 16.5. The molecular weight excluding hydrogens is 272 g/mol. The molecule has 1 aromatic carbocycles. The highest BCUT2D eigenvalue weighted by Gasteiger charge is 2.15. The van der Waals surface area contributed by atoms with Crippen molar-refractivity contribution in [3.63, 3.8) is 0 Å². The van der Waals surface area contributed by atoms with E-state index in [-0.39, 0.29) is 17.2 Å². The van der Waals surface area contributed by atoms with E-state index in [2.05, 4.69) is 0 Å². The van der Waals surface area contributed by atoms with Crippen molar-refractivity contribution in [1.82, 2.24) is 0 Å². The Hall–Kier alpha value is -2.68. The monoisotopic (exact) mass is 290 g/mol. The molecule has 3 N–H and O–H groups in total. The lowest BCUT2D eigenvalue weighted by molar-refractivity contribution is -0.114. The Morgan fingerprint density at radius 1 is 1.43 bits per heavy atom. The quantitative estimate of drug-likeness (QED) is 0.614. The molecule has 0 saturated heterocycles. The third-order valence-electron chi connectivity index (χ3n) is 3.13. The van der Waals surface area contributed by atoms with E-state index in [1.165, 1.54) is 20.3 Å². The van der Waals surface area contributed by atoms with Crippen LogP contribution in [0.2, 0.25) is 0 Å². The molecule has 1 atom stereocenters. The molecule has 1 rings (SSSR count). The lowest BCUT2D eigenvalue weighted by Gasteiger charge is -2.15. The van der Waals surface area contributed by atoms with Gasteiger partial charge in [0.05, 0.1) is 14.2 Å². The zero-order valence-electron chi connectivity index (χ0n) is 12.2. The molecule has 0 spiro atoms. The van der Waals surface area contributed by atoms with Gasteiger partial charge in [-0.25, -0.2) is 0 Å². The SMILES string of the molecule is COc1cc(C(C)C/C=C(\C#N)C(N)=O)cc(OC)c1O. The number of phenolic OH excluding ortho intramolecular Hbond substituents is 1. The van der Waals surface area contributed by atoms with E-state index in [9.17, 15) is 9.90 Å². The molecule has 0 radical (unpaired) electrons. The molecule has 0 fully saturated rings. The molecule has 21 heavy (non-hydrogen) atoms. The highest BCUT2D eigenvalue weighted by Crippen LogP contribution is 2.39. The molecule has 0 aliphatic carbocycles. The van der Waals surface area contributed by atoms with E-state index >= 15 is 0 Å². The number of primary amides is 1. The first-order valence-corrected chi connectivity index (χ1v) is 6.29. The first-order chi connectivity index (χ1) is 9.94. The number of rotatable bonds is 6. The van der Waals surface area contributed by atoms with Crippen LogP contribution in [0, 0.1) is 11.3 Å². The molecule has 112 valence electrons. The number of aromatic hydroxyl groups is 1. The summed E-state index contributed by atoms with van der Waals surface area (Å²) in [5, 5.41) is 18.6. The molecule has 6 heteroatoms. The number of allylic oxidation sites excluding steroid dienone is 1. The van der Waals surface area contributed by atoms with E-state index < -0.39 is 5.91 Å². The Morgan fingerprint density at radius 3 is 2.33 bits per heavy atom. The second-order valence-electron chi connectivity index (χ2n) is 4.50. The topological polar surface area (TPSA) is 106 Å². The average molecular weight is 290 g/mol. The standard InChI is InChI=1S/C15H18N2O4/c1-9(4-5-10(8-16)15(17)19)11-6-12(20-2)14(18)13(7-11)21-3/h5-7,9,18H,4H2,1-3H3,(H2,17,19)/b10-5+. The Balaban J connectivity index is 3.06. The van der Waals surface area contributed by atoms with Gasteiger partial charge >= 0.3 is 0 Å². The zero-order valence-corrected chi connectivity index (χ0v) is 12.2. The van der Waals surface area contributed by atoms with Crippen LogP contribution >= 0.6 is 0 Å². The van der Waals surface area contributed by atoms with Gasteiger partial charge in [0.1, 0.15) is 11.6 Å². The molecule has 0 aliphatic rings. The van der Waals surface area contributed by atoms with Crippen molar-refractivity contribution in [3.8, 4) is 23.3 Å². The summed E-state index contributed by atoms with van der Waals surface area (Å²) in [5.41, 5.74) is 5.86. The van der Waals surface area contributed by atoms with E-state index in [0.717, 1.165) is 5.56 Å². The number of hydrogen-bond donors (Lipinski definition) is 2. The Bertz CT molecular complexity index is 577.